The van der Waals surface area contributed by atoms with Crippen LogP contribution in [0.3, 0.4) is 0 Å². The van der Waals surface area contributed by atoms with E-state index in [4.69, 9.17) is 5.11 Å². The summed E-state index contributed by atoms with van der Waals surface area (Å²) in [6, 6.07) is 0.193. The molecule has 0 aromatic heterocycles. The lowest BCUT2D eigenvalue weighted by atomic mass is 9.85. The molecule has 0 aliphatic rings. The number of hydrogen-bond acceptors (Lipinski definition) is 2. The van der Waals surface area contributed by atoms with Crippen LogP contribution in [0, 0.1) is 5.41 Å². The van der Waals surface area contributed by atoms with Crippen molar-refractivity contribution in [3.05, 3.63) is 0 Å². The SMILES string of the molecule is CC(C)(C)C(CCO)NCCF. The molecule has 0 spiro atoms. The van der Waals surface area contributed by atoms with Crippen LogP contribution in [0.1, 0.15) is 27.2 Å². The van der Waals surface area contributed by atoms with E-state index in [1.54, 1.807) is 0 Å². The minimum atomic E-state index is -0.349. The van der Waals surface area contributed by atoms with E-state index in [2.05, 4.69) is 26.1 Å². The molecule has 12 heavy (non-hydrogen) atoms. The van der Waals surface area contributed by atoms with Gasteiger partial charge in [-0.2, -0.15) is 0 Å². The third kappa shape index (κ3) is 4.67. The summed E-state index contributed by atoms with van der Waals surface area (Å²) >= 11 is 0. The van der Waals surface area contributed by atoms with E-state index in [1.165, 1.54) is 0 Å². The average molecular weight is 177 g/mol. The molecule has 0 saturated carbocycles. The topological polar surface area (TPSA) is 32.3 Å². The third-order valence-electron chi connectivity index (χ3n) is 1.95. The molecule has 0 amide bonds. The van der Waals surface area contributed by atoms with Crippen molar-refractivity contribution in [2.24, 2.45) is 5.41 Å². The van der Waals surface area contributed by atoms with Gasteiger partial charge in [0.1, 0.15) is 6.67 Å². The zero-order valence-electron chi connectivity index (χ0n) is 8.23. The first-order valence-electron chi connectivity index (χ1n) is 4.42. The van der Waals surface area contributed by atoms with Crippen LogP contribution in [0.5, 0.6) is 0 Å². The second-order valence-corrected chi connectivity index (χ2v) is 4.07. The quantitative estimate of drug-likeness (QED) is 0.664. The van der Waals surface area contributed by atoms with Crippen LogP contribution >= 0.6 is 0 Å². The molecule has 0 aliphatic heterocycles. The largest absolute Gasteiger partial charge is 0.396 e. The highest BCUT2D eigenvalue weighted by Gasteiger charge is 2.22. The Morgan fingerprint density at radius 2 is 2.00 bits per heavy atom. The van der Waals surface area contributed by atoms with Crippen molar-refractivity contribution in [1.29, 1.82) is 0 Å². The van der Waals surface area contributed by atoms with Crippen molar-refractivity contribution >= 4 is 0 Å². The molecule has 0 aliphatic carbocycles. The smallest absolute Gasteiger partial charge is 0.102 e. The Morgan fingerprint density at radius 1 is 1.42 bits per heavy atom. The molecule has 0 saturated heterocycles. The van der Waals surface area contributed by atoms with Crippen molar-refractivity contribution in [3.63, 3.8) is 0 Å². The zero-order chi connectivity index (χ0) is 9.61. The van der Waals surface area contributed by atoms with Gasteiger partial charge in [0.2, 0.25) is 0 Å². The highest BCUT2D eigenvalue weighted by atomic mass is 19.1. The summed E-state index contributed by atoms with van der Waals surface area (Å²) in [4.78, 5) is 0. The highest BCUT2D eigenvalue weighted by molar-refractivity contribution is 4.79. The Morgan fingerprint density at radius 3 is 2.33 bits per heavy atom. The standard InChI is InChI=1S/C9H20FNO/c1-9(2,3)8(4-7-12)11-6-5-10/h8,11-12H,4-7H2,1-3H3. The second kappa shape index (κ2) is 5.49. The van der Waals surface area contributed by atoms with Gasteiger partial charge in [-0.15, -0.1) is 0 Å². The predicted octanol–water partition coefficient (Wildman–Crippen LogP) is 1.34. The van der Waals surface area contributed by atoms with E-state index < -0.39 is 0 Å². The van der Waals surface area contributed by atoms with Gasteiger partial charge in [-0.05, 0) is 11.8 Å². The Hall–Kier alpha value is -0.150. The van der Waals surface area contributed by atoms with Crippen LogP contribution in [0.15, 0.2) is 0 Å². The number of aliphatic hydroxyl groups excluding tert-OH is 1. The average Bonchev–Trinajstić information content (AvgIpc) is 1.95. The van der Waals surface area contributed by atoms with E-state index >= 15 is 0 Å². The molecule has 0 fully saturated rings. The summed E-state index contributed by atoms with van der Waals surface area (Å²) in [7, 11) is 0. The molecule has 0 aromatic rings. The normalized spacial score (nSPS) is 14.8. The number of rotatable bonds is 5. The minimum Gasteiger partial charge on any atom is -0.396 e. The maximum atomic E-state index is 11.9. The lowest BCUT2D eigenvalue weighted by molar-refractivity contribution is 0.195. The number of hydrogen-bond donors (Lipinski definition) is 2. The van der Waals surface area contributed by atoms with E-state index in [1.807, 2.05) is 0 Å². The third-order valence-corrected chi connectivity index (χ3v) is 1.95. The summed E-state index contributed by atoms with van der Waals surface area (Å²) in [5.74, 6) is 0. The van der Waals surface area contributed by atoms with Gasteiger partial charge >= 0.3 is 0 Å². The Balaban J connectivity index is 3.86. The molecule has 2 N–H and O–H groups in total. The Bertz CT molecular complexity index is 112. The molecule has 0 rings (SSSR count). The van der Waals surface area contributed by atoms with Gasteiger partial charge in [-0.1, -0.05) is 20.8 Å². The van der Waals surface area contributed by atoms with E-state index in [0.29, 0.717) is 13.0 Å². The van der Waals surface area contributed by atoms with Gasteiger partial charge < -0.3 is 10.4 Å². The summed E-state index contributed by atoms with van der Waals surface area (Å²) in [5, 5.41) is 11.8. The van der Waals surface area contributed by atoms with Crippen LogP contribution in [-0.4, -0.2) is 31.0 Å². The Kier molecular flexibility index (Phi) is 5.42. The summed E-state index contributed by atoms with van der Waals surface area (Å²) in [6.45, 7) is 6.43. The van der Waals surface area contributed by atoms with Gasteiger partial charge in [0.15, 0.2) is 0 Å². The second-order valence-electron chi connectivity index (χ2n) is 4.07. The van der Waals surface area contributed by atoms with Gasteiger partial charge in [-0.3, -0.25) is 0 Å². The van der Waals surface area contributed by atoms with Crippen molar-refractivity contribution in [2.45, 2.75) is 33.2 Å². The molecular formula is C9H20FNO. The Labute approximate surface area is 74.2 Å². The van der Waals surface area contributed by atoms with Crippen molar-refractivity contribution in [1.82, 2.24) is 5.32 Å². The summed E-state index contributed by atoms with van der Waals surface area (Å²) < 4.78 is 11.9. The monoisotopic (exact) mass is 177 g/mol. The van der Waals surface area contributed by atoms with Crippen LogP contribution in [0.4, 0.5) is 4.39 Å². The van der Waals surface area contributed by atoms with Gasteiger partial charge in [0.25, 0.3) is 0 Å². The van der Waals surface area contributed by atoms with Crippen LogP contribution in [0.2, 0.25) is 0 Å². The molecule has 3 heteroatoms. The van der Waals surface area contributed by atoms with Crippen LogP contribution < -0.4 is 5.32 Å². The lowest BCUT2D eigenvalue weighted by Gasteiger charge is -2.30. The molecule has 0 heterocycles. The number of alkyl halides is 1. The van der Waals surface area contributed by atoms with E-state index in [-0.39, 0.29) is 24.7 Å². The molecule has 1 unspecified atom stereocenters. The van der Waals surface area contributed by atoms with Crippen molar-refractivity contribution in [2.75, 3.05) is 19.8 Å². The highest BCUT2D eigenvalue weighted by Crippen LogP contribution is 2.21. The lowest BCUT2D eigenvalue weighted by Crippen LogP contribution is -2.41. The molecule has 0 radical (unpaired) electrons. The molecule has 0 aromatic carbocycles. The molecule has 2 nitrogen and oxygen atoms in total. The maximum Gasteiger partial charge on any atom is 0.102 e. The van der Waals surface area contributed by atoms with E-state index in [9.17, 15) is 4.39 Å². The number of halogens is 1. The fraction of sp³-hybridized carbons (Fsp3) is 1.00. The summed E-state index contributed by atoms with van der Waals surface area (Å²) in [5.41, 5.74) is 0.0813. The fourth-order valence-corrected chi connectivity index (χ4v) is 1.20. The number of nitrogens with one attached hydrogen (secondary N) is 1. The zero-order valence-corrected chi connectivity index (χ0v) is 8.23. The van der Waals surface area contributed by atoms with Gasteiger partial charge in [-0.25, -0.2) is 4.39 Å². The fourth-order valence-electron chi connectivity index (χ4n) is 1.20. The van der Waals surface area contributed by atoms with Crippen LogP contribution in [0.25, 0.3) is 0 Å². The van der Waals surface area contributed by atoms with Crippen molar-refractivity contribution in [3.8, 4) is 0 Å². The maximum absolute atomic E-state index is 11.9. The van der Waals surface area contributed by atoms with Crippen molar-refractivity contribution < 1.29 is 9.50 Å². The first-order valence-corrected chi connectivity index (χ1v) is 4.42. The first kappa shape index (κ1) is 11.8. The molecule has 0 bridgehead atoms. The molecule has 74 valence electrons. The van der Waals surface area contributed by atoms with Gasteiger partial charge in [0, 0.05) is 19.2 Å². The molecular weight excluding hydrogens is 157 g/mol. The van der Waals surface area contributed by atoms with Crippen LogP contribution in [-0.2, 0) is 0 Å². The molecule has 1 atom stereocenters. The predicted molar refractivity (Wildman–Crippen MR) is 48.9 cm³/mol. The summed E-state index contributed by atoms with van der Waals surface area (Å²) in [6.07, 6.45) is 0.684. The van der Waals surface area contributed by atoms with Gasteiger partial charge in [0.05, 0.1) is 0 Å². The van der Waals surface area contributed by atoms with E-state index in [0.717, 1.165) is 0 Å². The first-order chi connectivity index (χ1) is 5.52. The number of aliphatic hydroxyl groups is 1. The minimum absolute atomic E-state index is 0.0813.